The Morgan fingerprint density at radius 1 is 1.19 bits per heavy atom. The molecule has 0 radical (unpaired) electrons. The Bertz CT molecular complexity index is 636. The minimum Gasteiger partial charge on any atom is -0.345 e. The molecule has 1 spiro atoms. The van der Waals surface area contributed by atoms with Crippen LogP contribution in [0.4, 0.5) is 0 Å². The molecular weight excluding hydrogens is 336 g/mol. The lowest BCUT2D eigenvalue weighted by atomic mass is 9.77. The summed E-state index contributed by atoms with van der Waals surface area (Å²) in [5, 5.41) is 0. The number of amides is 1. The third-order valence-corrected chi connectivity index (χ3v) is 7.06. The standard InChI is InChI=1S/C22H36N4O/c1-2-3-10-20-23-15-18(24-20)16-25-14-12-22(17-25)11-7-13-26(21(22)27)19-8-5-4-6-9-19/h15,19H,2-14,16-17H2,1H3,(H,23,24)/t22-/m0/s1. The summed E-state index contributed by atoms with van der Waals surface area (Å²) in [6.45, 7) is 6.07. The first-order valence-corrected chi connectivity index (χ1v) is 11.3. The summed E-state index contributed by atoms with van der Waals surface area (Å²) in [6.07, 6.45) is 15.1. The average Bonchev–Trinajstić information content (AvgIpc) is 3.31. The maximum atomic E-state index is 13.4. The second-order valence-corrected chi connectivity index (χ2v) is 9.09. The highest BCUT2D eigenvalue weighted by Gasteiger charge is 2.49. The molecule has 3 aliphatic rings. The molecule has 4 rings (SSSR count). The van der Waals surface area contributed by atoms with Crippen molar-refractivity contribution in [3.63, 3.8) is 0 Å². The van der Waals surface area contributed by atoms with Gasteiger partial charge in [0.15, 0.2) is 0 Å². The van der Waals surface area contributed by atoms with E-state index in [0.717, 1.165) is 51.3 Å². The number of rotatable bonds is 6. The van der Waals surface area contributed by atoms with E-state index in [4.69, 9.17) is 0 Å². The van der Waals surface area contributed by atoms with E-state index in [1.165, 1.54) is 57.1 Å². The maximum absolute atomic E-state index is 13.4. The Morgan fingerprint density at radius 3 is 2.85 bits per heavy atom. The number of carbonyl (C=O) groups excluding carboxylic acids is 1. The highest BCUT2D eigenvalue weighted by Crippen LogP contribution is 2.42. The number of aryl methyl sites for hydroxylation is 1. The van der Waals surface area contributed by atoms with Gasteiger partial charge in [-0.05, 0) is 45.1 Å². The summed E-state index contributed by atoms with van der Waals surface area (Å²) in [7, 11) is 0. The normalized spacial score (nSPS) is 27.7. The van der Waals surface area contributed by atoms with Crippen molar-refractivity contribution in [1.29, 1.82) is 0 Å². The zero-order valence-electron chi connectivity index (χ0n) is 17.0. The van der Waals surface area contributed by atoms with E-state index in [1.807, 2.05) is 6.20 Å². The van der Waals surface area contributed by atoms with Crippen LogP contribution in [0.5, 0.6) is 0 Å². The number of aromatic amines is 1. The molecule has 2 saturated heterocycles. The van der Waals surface area contributed by atoms with Gasteiger partial charge < -0.3 is 9.88 Å². The van der Waals surface area contributed by atoms with Gasteiger partial charge in [0.1, 0.15) is 5.82 Å². The number of nitrogens with one attached hydrogen (secondary N) is 1. The zero-order chi connectivity index (χ0) is 18.7. The Morgan fingerprint density at radius 2 is 2.04 bits per heavy atom. The summed E-state index contributed by atoms with van der Waals surface area (Å²) >= 11 is 0. The number of piperidine rings is 1. The zero-order valence-corrected chi connectivity index (χ0v) is 17.0. The molecule has 0 aromatic carbocycles. The number of carbonyl (C=O) groups is 1. The van der Waals surface area contributed by atoms with Gasteiger partial charge in [-0.15, -0.1) is 0 Å². The molecule has 150 valence electrons. The highest BCUT2D eigenvalue weighted by atomic mass is 16.2. The van der Waals surface area contributed by atoms with Crippen molar-refractivity contribution in [2.45, 2.75) is 90.1 Å². The van der Waals surface area contributed by atoms with Crippen molar-refractivity contribution < 1.29 is 4.79 Å². The summed E-state index contributed by atoms with van der Waals surface area (Å²) in [4.78, 5) is 26.2. The first-order chi connectivity index (χ1) is 13.2. The monoisotopic (exact) mass is 372 g/mol. The molecule has 3 heterocycles. The van der Waals surface area contributed by atoms with Crippen LogP contribution < -0.4 is 0 Å². The molecule has 27 heavy (non-hydrogen) atoms. The van der Waals surface area contributed by atoms with Crippen LogP contribution >= 0.6 is 0 Å². The van der Waals surface area contributed by atoms with Gasteiger partial charge >= 0.3 is 0 Å². The molecule has 1 atom stereocenters. The number of nitrogens with zero attached hydrogens (tertiary/aromatic N) is 3. The molecule has 1 N–H and O–H groups in total. The SMILES string of the molecule is CCCCc1ncc(CN2CC[C@@]3(CCCN(C4CCCCC4)C3=O)C2)[nH]1. The molecule has 1 aliphatic carbocycles. The first-order valence-electron chi connectivity index (χ1n) is 11.3. The summed E-state index contributed by atoms with van der Waals surface area (Å²) in [5.74, 6) is 1.58. The molecule has 1 saturated carbocycles. The molecule has 0 unspecified atom stereocenters. The van der Waals surface area contributed by atoms with Gasteiger partial charge in [0.05, 0.1) is 5.41 Å². The molecule has 1 aromatic rings. The van der Waals surface area contributed by atoms with E-state index in [9.17, 15) is 4.79 Å². The summed E-state index contributed by atoms with van der Waals surface area (Å²) in [6, 6.07) is 0.520. The number of unbranched alkanes of at least 4 members (excludes halogenated alkanes) is 1. The highest BCUT2D eigenvalue weighted by molar-refractivity contribution is 5.84. The van der Waals surface area contributed by atoms with Gasteiger partial charge in [0.2, 0.25) is 5.91 Å². The van der Waals surface area contributed by atoms with Crippen LogP contribution in [0.2, 0.25) is 0 Å². The Labute approximate surface area is 163 Å². The molecule has 1 amide bonds. The van der Waals surface area contributed by atoms with Crippen molar-refractivity contribution in [1.82, 2.24) is 19.8 Å². The maximum Gasteiger partial charge on any atom is 0.230 e. The fourth-order valence-corrected chi connectivity index (χ4v) is 5.51. The van der Waals surface area contributed by atoms with Crippen LogP contribution in [-0.2, 0) is 17.8 Å². The lowest BCUT2D eigenvalue weighted by molar-refractivity contribution is -0.149. The fourth-order valence-electron chi connectivity index (χ4n) is 5.51. The van der Waals surface area contributed by atoms with Crippen molar-refractivity contribution in [3.8, 4) is 0 Å². The summed E-state index contributed by atoms with van der Waals surface area (Å²) in [5.41, 5.74) is 1.09. The predicted octanol–water partition coefficient (Wildman–Crippen LogP) is 3.90. The van der Waals surface area contributed by atoms with Crippen LogP contribution in [0.15, 0.2) is 6.20 Å². The predicted molar refractivity (Wildman–Crippen MR) is 107 cm³/mol. The molecule has 3 fully saturated rings. The van der Waals surface area contributed by atoms with Crippen molar-refractivity contribution >= 4 is 5.91 Å². The van der Waals surface area contributed by atoms with Crippen molar-refractivity contribution in [2.75, 3.05) is 19.6 Å². The van der Waals surface area contributed by atoms with Gasteiger partial charge in [-0.25, -0.2) is 4.98 Å². The smallest absolute Gasteiger partial charge is 0.230 e. The van der Waals surface area contributed by atoms with E-state index in [1.54, 1.807) is 0 Å². The second kappa shape index (κ2) is 8.34. The third kappa shape index (κ3) is 4.08. The first kappa shape index (κ1) is 19.0. The molecular formula is C22H36N4O. The summed E-state index contributed by atoms with van der Waals surface area (Å²) < 4.78 is 0. The minimum absolute atomic E-state index is 0.110. The van der Waals surface area contributed by atoms with Crippen LogP contribution in [-0.4, -0.2) is 51.4 Å². The molecule has 0 bridgehead atoms. The number of H-pyrrole nitrogens is 1. The van der Waals surface area contributed by atoms with Crippen LogP contribution in [0, 0.1) is 5.41 Å². The van der Waals surface area contributed by atoms with E-state index >= 15 is 0 Å². The second-order valence-electron chi connectivity index (χ2n) is 9.09. The lowest BCUT2D eigenvalue weighted by Gasteiger charge is -2.44. The van der Waals surface area contributed by atoms with Crippen LogP contribution in [0.1, 0.15) is 82.7 Å². The third-order valence-electron chi connectivity index (χ3n) is 7.06. The van der Waals surface area contributed by atoms with Crippen molar-refractivity contribution in [2.24, 2.45) is 5.41 Å². The number of hydrogen-bond donors (Lipinski definition) is 1. The van der Waals surface area contributed by atoms with E-state index in [0.29, 0.717) is 11.9 Å². The number of imidazole rings is 1. The Hall–Kier alpha value is -1.36. The number of hydrogen-bond acceptors (Lipinski definition) is 3. The van der Waals surface area contributed by atoms with E-state index in [2.05, 4.69) is 26.7 Å². The average molecular weight is 373 g/mol. The quantitative estimate of drug-likeness (QED) is 0.824. The number of likely N-dealkylation sites (tertiary alicyclic amines) is 2. The van der Waals surface area contributed by atoms with E-state index in [-0.39, 0.29) is 5.41 Å². The lowest BCUT2D eigenvalue weighted by Crippen LogP contribution is -2.54. The molecule has 2 aliphatic heterocycles. The fraction of sp³-hybridized carbons (Fsp3) is 0.818. The van der Waals surface area contributed by atoms with Gasteiger partial charge in [-0.1, -0.05) is 32.6 Å². The number of aromatic nitrogens is 2. The molecule has 1 aromatic heterocycles. The van der Waals surface area contributed by atoms with Crippen molar-refractivity contribution in [3.05, 3.63) is 17.7 Å². The van der Waals surface area contributed by atoms with E-state index < -0.39 is 0 Å². The Kier molecular flexibility index (Phi) is 5.86. The topological polar surface area (TPSA) is 52.2 Å². The van der Waals surface area contributed by atoms with Gasteiger partial charge in [0, 0.05) is 44.0 Å². The van der Waals surface area contributed by atoms with Gasteiger partial charge in [0.25, 0.3) is 0 Å². The Balaban J connectivity index is 1.37. The molecule has 5 nitrogen and oxygen atoms in total. The van der Waals surface area contributed by atoms with Gasteiger partial charge in [-0.3, -0.25) is 9.69 Å². The van der Waals surface area contributed by atoms with Gasteiger partial charge in [-0.2, -0.15) is 0 Å². The van der Waals surface area contributed by atoms with Crippen LogP contribution in [0.25, 0.3) is 0 Å². The minimum atomic E-state index is -0.110. The van der Waals surface area contributed by atoms with Crippen LogP contribution in [0.3, 0.4) is 0 Å². The molecule has 5 heteroatoms. The largest absolute Gasteiger partial charge is 0.345 e.